The summed E-state index contributed by atoms with van der Waals surface area (Å²) in [5, 5.41) is 0.945. The van der Waals surface area contributed by atoms with Gasteiger partial charge in [0.05, 0.1) is 5.52 Å². The number of hydrogen-bond acceptors (Lipinski definition) is 2. The molecule has 2 heterocycles. The fraction of sp³-hybridized carbons (Fsp3) is 0. The summed E-state index contributed by atoms with van der Waals surface area (Å²) < 4.78 is 5.44. The summed E-state index contributed by atoms with van der Waals surface area (Å²) in [6, 6.07) is 9.04. The number of hydrogen-bond donors (Lipinski definition) is 1. The molecule has 0 amide bonds. The molecule has 3 nitrogen and oxygen atoms in total. The molecule has 3 aromatic rings. The van der Waals surface area contributed by atoms with Crippen LogP contribution in [0, 0.1) is 0 Å². The number of nitrogens with one attached hydrogen (secondary N) is 1. The molecule has 0 saturated heterocycles. The number of benzene rings is 1. The molecule has 0 radical (unpaired) electrons. The van der Waals surface area contributed by atoms with Crippen molar-refractivity contribution in [1.82, 2.24) is 4.98 Å². The molecule has 3 heteroatoms. The Morgan fingerprint density at radius 2 is 2.00 bits per heavy atom. The second-order valence-electron chi connectivity index (χ2n) is 3.14. The number of para-hydroxylation sites is 1. The molecule has 0 bridgehead atoms. The van der Waals surface area contributed by atoms with Gasteiger partial charge in [-0.1, -0.05) is 12.1 Å². The lowest BCUT2D eigenvalue weighted by Crippen LogP contribution is -1.96. The molecule has 0 aliphatic rings. The van der Waals surface area contributed by atoms with Crippen molar-refractivity contribution in [2.45, 2.75) is 0 Å². The Kier molecular flexibility index (Phi) is 1.31. The molecule has 14 heavy (non-hydrogen) atoms. The highest BCUT2D eigenvalue weighted by Gasteiger charge is 2.07. The fourth-order valence-corrected chi connectivity index (χ4v) is 1.64. The zero-order valence-electron chi connectivity index (χ0n) is 7.28. The average molecular weight is 185 g/mol. The first-order chi connectivity index (χ1) is 6.86. The van der Waals surface area contributed by atoms with E-state index in [1.165, 1.54) is 6.07 Å². The van der Waals surface area contributed by atoms with Crippen LogP contribution in [0.4, 0.5) is 0 Å². The molecule has 0 atom stereocenters. The average Bonchev–Trinajstić information content (AvgIpc) is 2.59. The third kappa shape index (κ3) is 0.836. The van der Waals surface area contributed by atoms with E-state index in [9.17, 15) is 4.79 Å². The van der Waals surface area contributed by atoms with E-state index in [1.54, 1.807) is 6.20 Å². The Morgan fingerprint density at radius 3 is 2.93 bits per heavy atom. The third-order valence-electron chi connectivity index (χ3n) is 2.28. The Bertz CT molecular complexity index is 663. The van der Waals surface area contributed by atoms with Crippen LogP contribution in [0.5, 0.6) is 0 Å². The lowest BCUT2D eigenvalue weighted by atomic mass is 10.2. The maximum absolute atomic E-state index is 11.4. The maximum atomic E-state index is 11.4. The van der Waals surface area contributed by atoms with Crippen LogP contribution in [0.25, 0.3) is 22.1 Å². The smallest absolute Gasteiger partial charge is 0.224 e. The number of aromatic amines is 1. The van der Waals surface area contributed by atoms with Crippen molar-refractivity contribution in [3.05, 3.63) is 46.8 Å². The van der Waals surface area contributed by atoms with Gasteiger partial charge in [-0.25, -0.2) is 0 Å². The van der Waals surface area contributed by atoms with E-state index in [1.807, 2.05) is 24.3 Å². The lowest BCUT2D eigenvalue weighted by molar-refractivity contribution is 0.665. The van der Waals surface area contributed by atoms with Gasteiger partial charge >= 0.3 is 0 Å². The van der Waals surface area contributed by atoms with Crippen molar-refractivity contribution in [2.75, 3.05) is 0 Å². The highest BCUT2D eigenvalue weighted by molar-refractivity contribution is 6.01. The first-order valence-corrected chi connectivity index (χ1v) is 4.35. The van der Waals surface area contributed by atoms with Gasteiger partial charge in [0, 0.05) is 17.6 Å². The minimum absolute atomic E-state index is 0.0880. The molecule has 2 aromatic heterocycles. The van der Waals surface area contributed by atoms with E-state index >= 15 is 0 Å². The normalized spacial score (nSPS) is 11.1. The highest BCUT2D eigenvalue weighted by atomic mass is 16.3. The largest absolute Gasteiger partial charge is 0.450 e. The molecule has 0 aliphatic carbocycles. The van der Waals surface area contributed by atoms with Gasteiger partial charge in [0.1, 0.15) is 5.58 Å². The number of aromatic nitrogens is 1. The number of pyridine rings is 1. The van der Waals surface area contributed by atoms with Crippen molar-refractivity contribution >= 4 is 22.1 Å². The minimum atomic E-state index is -0.0880. The molecule has 3 rings (SSSR count). The van der Waals surface area contributed by atoms with Gasteiger partial charge in [-0.15, -0.1) is 0 Å². The van der Waals surface area contributed by atoms with Crippen molar-refractivity contribution < 1.29 is 4.42 Å². The number of fused-ring (bicyclic) bond motifs is 3. The Labute approximate surface area is 79.0 Å². The second kappa shape index (κ2) is 2.48. The van der Waals surface area contributed by atoms with Crippen molar-refractivity contribution in [3.63, 3.8) is 0 Å². The van der Waals surface area contributed by atoms with Gasteiger partial charge in [0.25, 0.3) is 0 Å². The number of rotatable bonds is 0. The van der Waals surface area contributed by atoms with Crippen molar-refractivity contribution in [3.8, 4) is 0 Å². The highest BCUT2D eigenvalue weighted by Crippen LogP contribution is 2.23. The molecule has 0 aliphatic heterocycles. The topological polar surface area (TPSA) is 46.0 Å². The molecule has 0 unspecified atom stereocenters. The SMILES string of the molecule is O=c1cc[nH]c2c1oc1ccccc12. The van der Waals surface area contributed by atoms with Crippen LogP contribution in [0.3, 0.4) is 0 Å². The lowest BCUT2D eigenvalue weighted by Gasteiger charge is -1.86. The molecule has 0 fully saturated rings. The summed E-state index contributed by atoms with van der Waals surface area (Å²) >= 11 is 0. The van der Waals surface area contributed by atoms with E-state index in [0.717, 1.165) is 16.5 Å². The molecule has 0 saturated carbocycles. The van der Waals surface area contributed by atoms with Crippen LogP contribution < -0.4 is 5.43 Å². The summed E-state index contributed by atoms with van der Waals surface area (Å²) in [6.45, 7) is 0. The van der Waals surface area contributed by atoms with Crippen LogP contribution in [0.15, 0.2) is 45.7 Å². The van der Waals surface area contributed by atoms with E-state index in [-0.39, 0.29) is 5.43 Å². The predicted octanol–water partition coefficient (Wildman–Crippen LogP) is 2.27. The van der Waals surface area contributed by atoms with Gasteiger partial charge in [-0.2, -0.15) is 0 Å². The van der Waals surface area contributed by atoms with Crippen LogP contribution in [0.2, 0.25) is 0 Å². The van der Waals surface area contributed by atoms with Gasteiger partial charge in [-0.05, 0) is 12.1 Å². The molecular formula is C11H7NO2. The first kappa shape index (κ1) is 7.38. The van der Waals surface area contributed by atoms with Crippen molar-refractivity contribution in [2.24, 2.45) is 0 Å². The third-order valence-corrected chi connectivity index (χ3v) is 2.28. The quantitative estimate of drug-likeness (QED) is 0.584. The standard InChI is InChI=1S/C11H7NO2/c13-8-5-6-12-10-7-3-1-2-4-9(7)14-11(8)10/h1-6H,(H,12,13). The Morgan fingerprint density at radius 1 is 1.14 bits per heavy atom. The van der Waals surface area contributed by atoms with E-state index < -0.39 is 0 Å². The van der Waals surface area contributed by atoms with Gasteiger partial charge in [0.2, 0.25) is 5.43 Å². The van der Waals surface area contributed by atoms with E-state index in [0.29, 0.717) is 5.58 Å². The Balaban J connectivity index is 2.70. The van der Waals surface area contributed by atoms with Gasteiger partial charge in [0.15, 0.2) is 5.58 Å². The van der Waals surface area contributed by atoms with Crippen LogP contribution in [-0.4, -0.2) is 4.98 Å². The van der Waals surface area contributed by atoms with Gasteiger partial charge in [-0.3, -0.25) is 4.79 Å². The molecular weight excluding hydrogens is 178 g/mol. The molecule has 1 N–H and O–H groups in total. The summed E-state index contributed by atoms with van der Waals surface area (Å²) in [5.41, 5.74) is 1.82. The monoisotopic (exact) mass is 185 g/mol. The van der Waals surface area contributed by atoms with Crippen LogP contribution in [-0.2, 0) is 0 Å². The summed E-state index contributed by atoms with van der Waals surface area (Å²) in [6.07, 6.45) is 1.63. The first-order valence-electron chi connectivity index (χ1n) is 4.35. The van der Waals surface area contributed by atoms with E-state index in [2.05, 4.69) is 4.98 Å². The van der Waals surface area contributed by atoms with Crippen LogP contribution in [0.1, 0.15) is 0 Å². The summed E-state index contributed by atoms with van der Waals surface area (Å²) in [7, 11) is 0. The molecule has 1 aromatic carbocycles. The molecule has 0 spiro atoms. The zero-order chi connectivity index (χ0) is 9.54. The summed E-state index contributed by atoms with van der Waals surface area (Å²) in [5.74, 6) is 0. The zero-order valence-corrected chi connectivity index (χ0v) is 7.28. The van der Waals surface area contributed by atoms with Crippen molar-refractivity contribution in [1.29, 1.82) is 0 Å². The predicted molar refractivity (Wildman–Crippen MR) is 54.3 cm³/mol. The second-order valence-corrected chi connectivity index (χ2v) is 3.14. The number of H-pyrrole nitrogens is 1. The summed E-state index contributed by atoms with van der Waals surface area (Å²) in [4.78, 5) is 14.5. The Hall–Kier alpha value is -2.03. The number of furan rings is 1. The fourth-order valence-electron chi connectivity index (χ4n) is 1.64. The maximum Gasteiger partial charge on any atom is 0.224 e. The minimum Gasteiger partial charge on any atom is -0.450 e. The van der Waals surface area contributed by atoms with E-state index in [4.69, 9.17) is 4.42 Å². The van der Waals surface area contributed by atoms with Crippen LogP contribution >= 0.6 is 0 Å². The van der Waals surface area contributed by atoms with Gasteiger partial charge < -0.3 is 9.40 Å². The molecule has 68 valence electrons.